The van der Waals surface area contributed by atoms with Gasteiger partial charge in [0.25, 0.3) is 0 Å². The first-order valence-corrected chi connectivity index (χ1v) is 14.5. The van der Waals surface area contributed by atoms with Crippen LogP contribution in [0, 0.1) is 0 Å². The Morgan fingerprint density at radius 2 is 1.30 bits per heavy atom. The molecule has 2 aliphatic heterocycles. The van der Waals surface area contributed by atoms with Crippen LogP contribution in [-0.2, 0) is 10.3 Å². The van der Waals surface area contributed by atoms with Crippen molar-refractivity contribution in [3.05, 3.63) is 131 Å². The summed E-state index contributed by atoms with van der Waals surface area (Å²) in [4.78, 5) is 16.1. The summed E-state index contributed by atoms with van der Waals surface area (Å²) < 4.78 is 12.6. The zero-order valence-corrected chi connectivity index (χ0v) is 24.1. The standard InChI is InChI=1S/C36H32N4O3/c1-3-40(4-2)24-21-19-23(20-22-24)38-30-16-10-14-28(37)34(30)39-29-15-9-13-27-33(29)35(41)43-36(27)25-11-5-7-17-31(25)42-32-18-8-6-12-26(32)36/h5-22,38-39H,3-4,37H2,1-2H3. The quantitative estimate of drug-likeness (QED) is 0.135. The third kappa shape index (κ3) is 4.24. The van der Waals surface area contributed by atoms with E-state index < -0.39 is 11.6 Å². The summed E-state index contributed by atoms with van der Waals surface area (Å²) in [6.07, 6.45) is 0. The third-order valence-corrected chi connectivity index (χ3v) is 8.28. The van der Waals surface area contributed by atoms with Gasteiger partial charge in [-0.2, -0.15) is 0 Å². The highest BCUT2D eigenvalue weighted by Gasteiger charge is 2.54. The van der Waals surface area contributed by atoms with Crippen LogP contribution in [0.3, 0.4) is 0 Å². The highest BCUT2D eigenvalue weighted by molar-refractivity contribution is 6.04. The van der Waals surface area contributed by atoms with Gasteiger partial charge in [-0.1, -0.05) is 54.6 Å². The summed E-state index contributed by atoms with van der Waals surface area (Å²) in [6.45, 7) is 6.19. The summed E-state index contributed by atoms with van der Waals surface area (Å²) in [5, 5.41) is 6.99. The number of esters is 1. The summed E-state index contributed by atoms with van der Waals surface area (Å²) in [6, 6.07) is 35.2. The van der Waals surface area contributed by atoms with Crippen molar-refractivity contribution in [2.45, 2.75) is 19.4 Å². The van der Waals surface area contributed by atoms with Gasteiger partial charge >= 0.3 is 5.97 Å². The third-order valence-electron chi connectivity index (χ3n) is 8.28. The molecule has 0 aliphatic carbocycles. The van der Waals surface area contributed by atoms with Gasteiger partial charge in [-0.3, -0.25) is 0 Å². The van der Waals surface area contributed by atoms with Gasteiger partial charge < -0.3 is 30.7 Å². The molecule has 7 nitrogen and oxygen atoms in total. The van der Waals surface area contributed by atoms with Gasteiger partial charge in [-0.05, 0) is 68.4 Å². The van der Waals surface area contributed by atoms with Crippen molar-refractivity contribution in [1.29, 1.82) is 0 Å². The van der Waals surface area contributed by atoms with Crippen LogP contribution in [0.5, 0.6) is 11.5 Å². The molecule has 5 aromatic carbocycles. The molecule has 43 heavy (non-hydrogen) atoms. The average molecular weight is 569 g/mol. The molecule has 4 N–H and O–H groups in total. The smallest absolute Gasteiger partial charge is 0.342 e. The predicted molar refractivity (Wildman–Crippen MR) is 172 cm³/mol. The van der Waals surface area contributed by atoms with E-state index in [1.54, 1.807) is 0 Å². The molecule has 2 heterocycles. The Labute approximate surface area is 250 Å². The lowest BCUT2D eigenvalue weighted by Crippen LogP contribution is -2.32. The molecule has 0 amide bonds. The van der Waals surface area contributed by atoms with E-state index >= 15 is 0 Å². The van der Waals surface area contributed by atoms with E-state index in [0.29, 0.717) is 34.1 Å². The van der Waals surface area contributed by atoms with E-state index in [1.807, 2.05) is 84.9 Å². The number of hydrogen-bond acceptors (Lipinski definition) is 7. The minimum absolute atomic E-state index is 0.416. The molecule has 7 heteroatoms. The molecule has 0 fully saturated rings. The first kappa shape index (κ1) is 26.5. The lowest BCUT2D eigenvalue weighted by atomic mass is 9.77. The van der Waals surface area contributed by atoms with E-state index in [9.17, 15) is 4.79 Å². The van der Waals surface area contributed by atoms with E-state index in [-0.39, 0.29) is 0 Å². The van der Waals surface area contributed by atoms with Crippen molar-refractivity contribution in [2.24, 2.45) is 0 Å². The number of nitrogen functional groups attached to an aromatic ring is 1. The monoisotopic (exact) mass is 568 g/mol. The normalized spacial score (nSPS) is 13.8. The number of benzene rings is 5. The largest absolute Gasteiger partial charge is 0.456 e. The van der Waals surface area contributed by atoms with Crippen LogP contribution in [0.1, 0.15) is 40.9 Å². The van der Waals surface area contributed by atoms with Crippen molar-refractivity contribution in [2.75, 3.05) is 34.4 Å². The molecule has 214 valence electrons. The average Bonchev–Trinajstić information content (AvgIpc) is 3.33. The minimum atomic E-state index is -1.13. The van der Waals surface area contributed by atoms with E-state index in [2.05, 4.69) is 53.6 Å². The Morgan fingerprint density at radius 3 is 1.98 bits per heavy atom. The number of para-hydroxylation sites is 3. The van der Waals surface area contributed by atoms with Gasteiger partial charge in [0.2, 0.25) is 0 Å². The van der Waals surface area contributed by atoms with Crippen LogP contribution in [-0.4, -0.2) is 19.1 Å². The molecular weight excluding hydrogens is 536 g/mol. The molecule has 7 rings (SSSR count). The molecule has 1 spiro atoms. The van der Waals surface area contributed by atoms with Gasteiger partial charge in [-0.25, -0.2) is 4.79 Å². The maximum atomic E-state index is 13.8. The molecule has 0 saturated carbocycles. The number of ether oxygens (including phenoxy) is 2. The number of hydrogen-bond donors (Lipinski definition) is 3. The number of fused-ring (bicyclic) bond motifs is 6. The van der Waals surface area contributed by atoms with Crippen LogP contribution in [0.2, 0.25) is 0 Å². The fourth-order valence-electron chi connectivity index (χ4n) is 6.22. The Bertz CT molecular complexity index is 1800. The fraction of sp³-hybridized carbons (Fsp3) is 0.139. The van der Waals surface area contributed by atoms with Crippen LogP contribution in [0.4, 0.5) is 34.1 Å². The number of carbonyl (C=O) groups is 1. The number of carbonyl (C=O) groups excluding carboxylic acids is 1. The van der Waals surface area contributed by atoms with Gasteiger partial charge in [0, 0.05) is 41.2 Å². The number of rotatable bonds is 7. The second-order valence-corrected chi connectivity index (χ2v) is 10.6. The van der Waals surface area contributed by atoms with E-state index in [1.165, 1.54) is 5.69 Å². The van der Waals surface area contributed by atoms with Crippen molar-refractivity contribution in [1.82, 2.24) is 0 Å². The van der Waals surface area contributed by atoms with Crippen molar-refractivity contribution in [3.8, 4) is 11.5 Å². The molecule has 0 aromatic heterocycles. The Morgan fingerprint density at radius 1 is 0.698 bits per heavy atom. The second kappa shape index (κ2) is 10.4. The molecular formula is C36H32N4O3. The number of nitrogens with two attached hydrogens (primary N) is 1. The zero-order chi connectivity index (χ0) is 29.6. The molecule has 2 aliphatic rings. The van der Waals surface area contributed by atoms with Gasteiger partial charge in [0.1, 0.15) is 11.5 Å². The van der Waals surface area contributed by atoms with Crippen LogP contribution in [0.25, 0.3) is 0 Å². The van der Waals surface area contributed by atoms with E-state index in [4.69, 9.17) is 15.2 Å². The molecule has 0 saturated heterocycles. The summed E-state index contributed by atoms with van der Waals surface area (Å²) in [5.41, 5.74) is 12.9. The first-order chi connectivity index (χ1) is 21.0. The predicted octanol–water partition coefficient (Wildman–Crippen LogP) is 8.17. The first-order valence-electron chi connectivity index (χ1n) is 14.5. The van der Waals surface area contributed by atoms with Crippen molar-refractivity contribution < 1.29 is 14.3 Å². The molecule has 0 bridgehead atoms. The van der Waals surface area contributed by atoms with Crippen LogP contribution < -0.4 is 26.0 Å². The zero-order valence-electron chi connectivity index (χ0n) is 24.1. The van der Waals surface area contributed by atoms with Gasteiger partial charge in [0.05, 0.1) is 28.3 Å². The molecule has 0 atom stereocenters. The Balaban J connectivity index is 1.29. The lowest BCUT2D eigenvalue weighted by Gasteiger charge is -2.36. The van der Waals surface area contributed by atoms with Crippen LogP contribution >= 0.6 is 0 Å². The molecule has 0 radical (unpaired) electrons. The Hall–Kier alpha value is -5.43. The number of anilines is 6. The minimum Gasteiger partial charge on any atom is -0.456 e. The fourth-order valence-corrected chi connectivity index (χ4v) is 6.22. The van der Waals surface area contributed by atoms with Crippen molar-refractivity contribution >= 4 is 40.1 Å². The van der Waals surface area contributed by atoms with Crippen molar-refractivity contribution in [3.63, 3.8) is 0 Å². The number of nitrogens with one attached hydrogen (secondary N) is 2. The SMILES string of the molecule is CCN(CC)c1ccc(Nc2cccc(N)c2Nc2cccc3c2C(=O)OC32c3ccccc3Oc3ccccc32)cc1. The maximum absolute atomic E-state index is 13.8. The van der Waals surface area contributed by atoms with Gasteiger partial charge in [0.15, 0.2) is 5.60 Å². The lowest BCUT2D eigenvalue weighted by molar-refractivity contribution is 0.0225. The summed E-state index contributed by atoms with van der Waals surface area (Å²) in [7, 11) is 0. The molecule has 0 unspecified atom stereocenters. The Kier molecular flexibility index (Phi) is 6.43. The molecule has 5 aromatic rings. The highest BCUT2D eigenvalue weighted by atomic mass is 16.6. The number of nitrogens with zero attached hydrogens (tertiary/aromatic N) is 1. The summed E-state index contributed by atoms with van der Waals surface area (Å²) in [5.74, 6) is 0.901. The van der Waals surface area contributed by atoms with Crippen LogP contribution in [0.15, 0.2) is 109 Å². The summed E-state index contributed by atoms with van der Waals surface area (Å²) >= 11 is 0. The highest BCUT2D eigenvalue weighted by Crippen LogP contribution is 2.57. The second-order valence-electron chi connectivity index (χ2n) is 10.6. The van der Waals surface area contributed by atoms with E-state index in [0.717, 1.165) is 41.2 Å². The maximum Gasteiger partial charge on any atom is 0.342 e. The van der Waals surface area contributed by atoms with Gasteiger partial charge in [-0.15, -0.1) is 0 Å². The topological polar surface area (TPSA) is 88.9 Å².